The molecule has 112 valence electrons. The van der Waals surface area contributed by atoms with E-state index in [9.17, 15) is 14.4 Å². The van der Waals surface area contributed by atoms with Crippen LogP contribution in [0.1, 0.15) is 13.8 Å². The van der Waals surface area contributed by atoms with E-state index in [0.29, 0.717) is 21.9 Å². The molecule has 0 aliphatic heterocycles. The average Bonchev–Trinajstić information content (AvgIpc) is 2.86. The SMILES string of the molecule is CCn1c(S[C@H](C)C(=O)NC(N)=O)nc2ccsc2c1=O. The van der Waals surface area contributed by atoms with Gasteiger partial charge in [-0.1, -0.05) is 11.8 Å². The van der Waals surface area contributed by atoms with Crippen molar-refractivity contribution in [2.24, 2.45) is 5.73 Å². The van der Waals surface area contributed by atoms with E-state index >= 15 is 0 Å². The van der Waals surface area contributed by atoms with Crippen LogP contribution < -0.4 is 16.6 Å². The number of amides is 3. The van der Waals surface area contributed by atoms with Crippen LogP contribution in [-0.2, 0) is 11.3 Å². The fourth-order valence-electron chi connectivity index (χ4n) is 1.73. The number of nitrogens with two attached hydrogens (primary N) is 1. The molecular formula is C12H14N4O3S2. The molecule has 0 fully saturated rings. The summed E-state index contributed by atoms with van der Waals surface area (Å²) in [5, 5.41) is 3.66. The highest BCUT2D eigenvalue weighted by atomic mass is 32.2. The number of hydrogen-bond acceptors (Lipinski definition) is 6. The maximum Gasteiger partial charge on any atom is 0.318 e. The fraction of sp³-hybridized carbons (Fsp3) is 0.333. The van der Waals surface area contributed by atoms with E-state index in [-0.39, 0.29) is 5.56 Å². The second-order valence-electron chi connectivity index (χ2n) is 4.19. The molecule has 0 saturated heterocycles. The summed E-state index contributed by atoms with van der Waals surface area (Å²) in [5.41, 5.74) is 5.40. The molecule has 2 rings (SSSR count). The van der Waals surface area contributed by atoms with Gasteiger partial charge in [-0.25, -0.2) is 9.78 Å². The second kappa shape index (κ2) is 6.27. The standard InChI is InChI=1S/C12H14N4O3S2/c1-3-16-10(18)8-7(4-5-20-8)14-12(16)21-6(2)9(17)15-11(13)19/h4-6H,3H2,1-2H3,(H3,13,15,17,19)/t6-/m1/s1. The van der Waals surface area contributed by atoms with Crippen molar-refractivity contribution in [3.63, 3.8) is 0 Å². The number of carbonyl (C=O) groups excluding carboxylic acids is 2. The number of thioether (sulfide) groups is 1. The maximum absolute atomic E-state index is 12.3. The number of urea groups is 1. The number of thiophene rings is 1. The zero-order valence-electron chi connectivity index (χ0n) is 11.5. The number of nitrogens with one attached hydrogen (secondary N) is 1. The Morgan fingerprint density at radius 1 is 1.57 bits per heavy atom. The van der Waals surface area contributed by atoms with Gasteiger partial charge in [0.05, 0.1) is 10.8 Å². The minimum atomic E-state index is -0.901. The van der Waals surface area contributed by atoms with Crippen LogP contribution in [0.15, 0.2) is 21.4 Å². The third-order valence-corrected chi connectivity index (χ3v) is 4.73. The monoisotopic (exact) mass is 326 g/mol. The molecule has 0 bridgehead atoms. The first-order chi connectivity index (χ1) is 9.93. The van der Waals surface area contributed by atoms with Gasteiger partial charge in [0, 0.05) is 6.54 Å². The van der Waals surface area contributed by atoms with Gasteiger partial charge in [0.2, 0.25) is 5.91 Å². The zero-order valence-corrected chi connectivity index (χ0v) is 13.1. The number of imide groups is 1. The molecule has 7 nitrogen and oxygen atoms in total. The Morgan fingerprint density at radius 2 is 2.29 bits per heavy atom. The highest BCUT2D eigenvalue weighted by molar-refractivity contribution is 8.00. The van der Waals surface area contributed by atoms with Gasteiger partial charge >= 0.3 is 6.03 Å². The summed E-state index contributed by atoms with van der Waals surface area (Å²) in [5.74, 6) is -0.519. The molecule has 0 aliphatic rings. The van der Waals surface area contributed by atoms with Gasteiger partial charge in [-0.05, 0) is 25.3 Å². The van der Waals surface area contributed by atoms with Gasteiger partial charge in [0.15, 0.2) is 5.16 Å². The van der Waals surface area contributed by atoms with Crippen LogP contribution in [0.3, 0.4) is 0 Å². The number of primary amides is 1. The van der Waals surface area contributed by atoms with Crippen LogP contribution in [0, 0.1) is 0 Å². The number of aromatic nitrogens is 2. The summed E-state index contributed by atoms with van der Waals surface area (Å²) in [6, 6.07) is 0.862. The molecule has 3 N–H and O–H groups in total. The Morgan fingerprint density at radius 3 is 2.90 bits per heavy atom. The van der Waals surface area contributed by atoms with Crippen molar-refractivity contribution in [1.82, 2.24) is 14.9 Å². The summed E-state index contributed by atoms with van der Waals surface area (Å²) in [7, 11) is 0. The molecule has 0 aromatic carbocycles. The Labute approximate surface area is 128 Å². The van der Waals surface area contributed by atoms with Gasteiger partial charge in [-0.3, -0.25) is 19.5 Å². The lowest BCUT2D eigenvalue weighted by Crippen LogP contribution is -2.39. The smallest absolute Gasteiger partial charge is 0.318 e. The molecular weight excluding hydrogens is 312 g/mol. The summed E-state index contributed by atoms with van der Waals surface area (Å²) in [6.45, 7) is 3.90. The topological polar surface area (TPSA) is 107 Å². The van der Waals surface area contributed by atoms with E-state index in [2.05, 4.69) is 4.98 Å². The molecule has 0 spiro atoms. The number of fused-ring (bicyclic) bond motifs is 1. The summed E-state index contributed by atoms with van der Waals surface area (Å²) in [6.07, 6.45) is 0. The van der Waals surface area contributed by atoms with Crippen LogP contribution >= 0.6 is 23.1 Å². The van der Waals surface area contributed by atoms with Crippen LogP contribution in [0.25, 0.3) is 10.2 Å². The Hall–Kier alpha value is -1.87. The molecule has 9 heteroatoms. The van der Waals surface area contributed by atoms with Crippen molar-refractivity contribution in [2.75, 3.05) is 0 Å². The van der Waals surface area contributed by atoms with Gasteiger partial charge < -0.3 is 5.73 Å². The normalized spacial score (nSPS) is 12.3. The highest BCUT2D eigenvalue weighted by Crippen LogP contribution is 2.24. The van der Waals surface area contributed by atoms with E-state index in [0.717, 1.165) is 11.8 Å². The summed E-state index contributed by atoms with van der Waals surface area (Å²) < 4.78 is 2.10. The van der Waals surface area contributed by atoms with Gasteiger partial charge in [-0.15, -0.1) is 11.3 Å². The first-order valence-corrected chi connectivity index (χ1v) is 7.95. The lowest BCUT2D eigenvalue weighted by Gasteiger charge is -2.13. The molecule has 0 aliphatic carbocycles. The van der Waals surface area contributed by atoms with Crippen molar-refractivity contribution in [2.45, 2.75) is 30.8 Å². The van der Waals surface area contributed by atoms with E-state index in [1.165, 1.54) is 15.9 Å². The van der Waals surface area contributed by atoms with Crippen LogP contribution in [0.5, 0.6) is 0 Å². The predicted octanol–water partition coefficient (Wildman–Crippen LogP) is 1.15. The third-order valence-electron chi connectivity index (χ3n) is 2.74. The Balaban J connectivity index is 2.35. The molecule has 1 atom stereocenters. The third kappa shape index (κ3) is 3.24. The maximum atomic E-state index is 12.3. The van der Waals surface area contributed by atoms with Crippen molar-refractivity contribution in [1.29, 1.82) is 0 Å². The van der Waals surface area contributed by atoms with Crippen LogP contribution in [0.2, 0.25) is 0 Å². The summed E-state index contributed by atoms with van der Waals surface area (Å²) >= 11 is 2.45. The van der Waals surface area contributed by atoms with Crippen molar-refractivity contribution < 1.29 is 9.59 Å². The zero-order chi connectivity index (χ0) is 15.6. The molecule has 2 aromatic rings. The van der Waals surface area contributed by atoms with Crippen molar-refractivity contribution >= 4 is 45.3 Å². The lowest BCUT2D eigenvalue weighted by molar-refractivity contribution is -0.119. The number of rotatable bonds is 4. The van der Waals surface area contributed by atoms with Crippen molar-refractivity contribution in [3.05, 3.63) is 21.8 Å². The lowest BCUT2D eigenvalue weighted by atomic mass is 10.4. The predicted molar refractivity (Wildman–Crippen MR) is 82.6 cm³/mol. The molecule has 0 unspecified atom stereocenters. The Kier molecular flexibility index (Phi) is 4.63. The van der Waals surface area contributed by atoms with E-state index < -0.39 is 17.2 Å². The average molecular weight is 326 g/mol. The molecule has 0 saturated carbocycles. The van der Waals surface area contributed by atoms with Gasteiger partial charge in [-0.2, -0.15) is 0 Å². The molecule has 3 amide bonds. The first kappa shape index (κ1) is 15.5. The molecule has 2 aromatic heterocycles. The Bertz CT molecular complexity index is 753. The minimum Gasteiger partial charge on any atom is -0.351 e. The van der Waals surface area contributed by atoms with Crippen LogP contribution in [0.4, 0.5) is 4.79 Å². The quantitative estimate of drug-likeness (QED) is 0.647. The number of nitrogens with zero attached hydrogens (tertiary/aromatic N) is 2. The van der Waals surface area contributed by atoms with Gasteiger partial charge in [0.1, 0.15) is 4.70 Å². The second-order valence-corrected chi connectivity index (χ2v) is 6.42. The first-order valence-electron chi connectivity index (χ1n) is 6.19. The van der Waals surface area contributed by atoms with E-state index in [1.54, 1.807) is 18.4 Å². The van der Waals surface area contributed by atoms with Crippen molar-refractivity contribution in [3.8, 4) is 0 Å². The number of carbonyl (C=O) groups is 2. The number of hydrogen-bond donors (Lipinski definition) is 2. The fourth-order valence-corrected chi connectivity index (χ4v) is 3.48. The van der Waals surface area contributed by atoms with Gasteiger partial charge in [0.25, 0.3) is 5.56 Å². The van der Waals surface area contributed by atoms with E-state index in [1.807, 2.05) is 12.2 Å². The summed E-state index contributed by atoms with van der Waals surface area (Å²) in [4.78, 5) is 39.1. The largest absolute Gasteiger partial charge is 0.351 e. The van der Waals surface area contributed by atoms with Crippen LogP contribution in [-0.4, -0.2) is 26.7 Å². The molecule has 0 radical (unpaired) electrons. The minimum absolute atomic E-state index is 0.123. The molecule has 2 heterocycles. The molecule has 21 heavy (non-hydrogen) atoms. The highest BCUT2D eigenvalue weighted by Gasteiger charge is 2.20. The van der Waals surface area contributed by atoms with E-state index in [4.69, 9.17) is 5.73 Å².